The number of methoxy groups -OCH3 is 1. The van der Waals surface area contributed by atoms with Gasteiger partial charge in [-0.2, -0.15) is 0 Å². The molecule has 0 bridgehead atoms. The summed E-state index contributed by atoms with van der Waals surface area (Å²) in [5, 5.41) is 0. The molecule has 0 aliphatic carbocycles. The van der Waals surface area contributed by atoms with Crippen molar-refractivity contribution in [3.8, 4) is 11.5 Å². The monoisotopic (exact) mass is 292 g/mol. The van der Waals surface area contributed by atoms with Gasteiger partial charge in [0.15, 0.2) is 0 Å². The molecule has 0 saturated carbocycles. The molecule has 0 aliphatic heterocycles. The highest BCUT2D eigenvalue weighted by atomic mass is 79.9. The Labute approximate surface area is 109 Å². The number of hydrogen-bond acceptors (Lipinski definition) is 2. The van der Waals surface area contributed by atoms with Crippen LogP contribution in [0.4, 0.5) is 0 Å². The van der Waals surface area contributed by atoms with Crippen LogP contribution in [0.15, 0.2) is 53.0 Å². The fourth-order valence-electron chi connectivity index (χ4n) is 1.49. The van der Waals surface area contributed by atoms with Crippen LogP contribution in [0.25, 0.3) is 0 Å². The number of benzene rings is 2. The molecule has 0 amide bonds. The third kappa shape index (κ3) is 3.49. The van der Waals surface area contributed by atoms with Crippen LogP contribution in [0, 0.1) is 0 Å². The molecule has 0 radical (unpaired) electrons. The summed E-state index contributed by atoms with van der Waals surface area (Å²) in [4.78, 5) is 0. The molecule has 0 spiro atoms. The Morgan fingerprint density at radius 2 is 1.76 bits per heavy atom. The summed E-state index contributed by atoms with van der Waals surface area (Å²) in [6.45, 7) is 0.535. The SMILES string of the molecule is COc1cccc(COc2cccc(Br)c2)c1. The van der Waals surface area contributed by atoms with Gasteiger partial charge in [-0.15, -0.1) is 0 Å². The zero-order chi connectivity index (χ0) is 12.1. The molecule has 0 fully saturated rings. The molecule has 0 saturated heterocycles. The number of hydrogen-bond donors (Lipinski definition) is 0. The average molecular weight is 293 g/mol. The van der Waals surface area contributed by atoms with E-state index in [4.69, 9.17) is 9.47 Å². The van der Waals surface area contributed by atoms with Gasteiger partial charge in [0, 0.05) is 4.47 Å². The summed E-state index contributed by atoms with van der Waals surface area (Å²) >= 11 is 3.41. The Bertz CT molecular complexity index is 497. The lowest BCUT2D eigenvalue weighted by molar-refractivity contribution is 0.305. The molecule has 0 heterocycles. The van der Waals surface area contributed by atoms with Gasteiger partial charge in [0.05, 0.1) is 7.11 Å². The van der Waals surface area contributed by atoms with E-state index >= 15 is 0 Å². The lowest BCUT2D eigenvalue weighted by Crippen LogP contribution is -1.95. The lowest BCUT2D eigenvalue weighted by Gasteiger charge is -2.07. The van der Waals surface area contributed by atoms with Crippen LogP contribution in [0.2, 0.25) is 0 Å². The largest absolute Gasteiger partial charge is 0.497 e. The van der Waals surface area contributed by atoms with Crippen LogP contribution in [0.5, 0.6) is 11.5 Å². The second-order valence-corrected chi connectivity index (χ2v) is 4.51. The van der Waals surface area contributed by atoms with Crippen molar-refractivity contribution in [3.05, 3.63) is 58.6 Å². The van der Waals surface area contributed by atoms with Crippen molar-refractivity contribution < 1.29 is 9.47 Å². The van der Waals surface area contributed by atoms with Gasteiger partial charge in [-0.05, 0) is 35.9 Å². The molecule has 0 aromatic heterocycles. The van der Waals surface area contributed by atoms with E-state index in [1.165, 1.54) is 0 Å². The molecular weight excluding hydrogens is 280 g/mol. The molecule has 2 aromatic carbocycles. The van der Waals surface area contributed by atoms with Gasteiger partial charge in [-0.3, -0.25) is 0 Å². The zero-order valence-corrected chi connectivity index (χ0v) is 11.1. The van der Waals surface area contributed by atoms with Gasteiger partial charge < -0.3 is 9.47 Å². The Morgan fingerprint density at radius 3 is 2.53 bits per heavy atom. The van der Waals surface area contributed by atoms with E-state index in [1.54, 1.807) is 7.11 Å². The number of ether oxygens (including phenoxy) is 2. The maximum atomic E-state index is 5.69. The molecule has 17 heavy (non-hydrogen) atoms. The first-order valence-electron chi connectivity index (χ1n) is 5.29. The van der Waals surface area contributed by atoms with E-state index in [9.17, 15) is 0 Å². The van der Waals surface area contributed by atoms with Gasteiger partial charge in [-0.1, -0.05) is 34.1 Å². The fraction of sp³-hybridized carbons (Fsp3) is 0.143. The number of rotatable bonds is 4. The molecule has 2 rings (SSSR count). The second kappa shape index (κ2) is 5.73. The van der Waals surface area contributed by atoms with Crippen LogP contribution in [0.1, 0.15) is 5.56 Å². The standard InChI is InChI=1S/C14H13BrO2/c1-16-13-6-2-4-11(8-13)10-17-14-7-3-5-12(15)9-14/h2-9H,10H2,1H3. The first-order valence-corrected chi connectivity index (χ1v) is 6.08. The third-order valence-corrected chi connectivity index (χ3v) is 2.83. The van der Waals surface area contributed by atoms with E-state index in [1.807, 2.05) is 48.5 Å². The van der Waals surface area contributed by atoms with Gasteiger partial charge >= 0.3 is 0 Å². The van der Waals surface area contributed by atoms with E-state index in [-0.39, 0.29) is 0 Å². The summed E-state index contributed by atoms with van der Waals surface area (Å²) in [5.74, 6) is 1.70. The van der Waals surface area contributed by atoms with Crippen molar-refractivity contribution in [1.82, 2.24) is 0 Å². The van der Waals surface area contributed by atoms with E-state index in [0.29, 0.717) is 6.61 Å². The van der Waals surface area contributed by atoms with Crippen molar-refractivity contribution in [1.29, 1.82) is 0 Å². The van der Waals surface area contributed by atoms with Crippen LogP contribution in [0.3, 0.4) is 0 Å². The first-order chi connectivity index (χ1) is 8.28. The van der Waals surface area contributed by atoms with Crippen molar-refractivity contribution in [2.45, 2.75) is 6.61 Å². The van der Waals surface area contributed by atoms with Gasteiger partial charge in [0.1, 0.15) is 18.1 Å². The van der Waals surface area contributed by atoms with Crippen molar-refractivity contribution in [3.63, 3.8) is 0 Å². The highest BCUT2D eigenvalue weighted by Crippen LogP contribution is 2.20. The summed E-state index contributed by atoms with van der Waals surface area (Å²) in [5.41, 5.74) is 1.09. The molecule has 0 unspecified atom stereocenters. The first kappa shape index (κ1) is 12.0. The van der Waals surface area contributed by atoms with Crippen LogP contribution in [-0.4, -0.2) is 7.11 Å². The Kier molecular flexibility index (Phi) is 4.04. The summed E-state index contributed by atoms with van der Waals surface area (Å²) < 4.78 is 11.9. The number of halogens is 1. The molecule has 2 aromatic rings. The molecule has 2 nitrogen and oxygen atoms in total. The Balaban J connectivity index is 2.02. The van der Waals surface area contributed by atoms with E-state index < -0.39 is 0 Å². The maximum Gasteiger partial charge on any atom is 0.120 e. The third-order valence-electron chi connectivity index (χ3n) is 2.34. The van der Waals surface area contributed by atoms with Crippen molar-refractivity contribution in [2.24, 2.45) is 0 Å². The van der Waals surface area contributed by atoms with E-state index in [2.05, 4.69) is 15.9 Å². The normalized spacial score (nSPS) is 10.0. The van der Waals surface area contributed by atoms with Crippen molar-refractivity contribution in [2.75, 3.05) is 7.11 Å². The lowest BCUT2D eigenvalue weighted by atomic mass is 10.2. The topological polar surface area (TPSA) is 18.5 Å². The van der Waals surface area contributed by atoms with Gasteiger partial charge in [0.25, 0.3) is 0 Å². The highest BCUT2D eigenvalue weighted by Gasteiger charge is 1.98. The van der Waals surface area contributed by atoms with Gasteiger partial charge in [-0.25, -0.2) is 0 Å². The maximum absolute atomic E-state index is 5.69. The minimum atomic E-state index is 0.535. The van der Waals surface area contributed by atoms with Crippen LogP contribution in [-0.2, 0) is 6.61 Å². The second-order valence-electron chi connectivity index (χ2n) is 3.60. The van der Waals surface area contributed by atoms with Crippen LogP contribution >= 0.6 is 15.9 Å². The summed E-state index contributed by atoms with van der Waals surface area (Å²) in [6.07, 6.45) is 0. The fourth-order valence-corrected chi connectivity index (χ4v) is 1.86. The molecular formula is C14H13BrO2. The minimum Gasteiger partial charge on any atom is -0.497 e. The average Bonchev–Trinajstić information content (AvgIpc) is 2.37. The molecule has 0 atom stereocenters. The van der Waals surface area contributed by atoms with E-state index in [0.717, 1.165) is 21.5 Å². The van der Waals surface area contributed by atoms with Crippen LogP contribution < -0.4 is 9.47 Å². The van der Waals surface area contributed by atoms with Gasteiger partial charge in [0.2, 0.25) is 0 Å². The predicted molar refractivity (Wildman–Crippen MR) is 71.5 cm³/mol. The summed E-state index contributed by atoms with van der Waals surface area (Å²) in [6, 6.07) is 15.7. The predicted octanol–water partition coefficient (Wildman–Crippen LogP) is 4.04. The summed E-state index contributed by atoms with van der Waals surface area (Å²) in [7, 11) is 1.66. The highest BCUT2D eigenvalue weighted by molar-refractivity contribution is 9.10. The zero-order valence-electron chi connectivity index (χ0n) is 9.52. The Hall–Kier alpha value is -1.48. The molecule has 0 N–H and O–H groups in total. The minimum absolute atomic E-state index is 0.535. The quantitative estimate of drug-likeness (QED) is 0.847. The molecule has 3 heteroatoms. The smallest absolute Gasteiger partial charge is 0.120 e. The van der Waals surface area contributed by atoms with Crippen molar-refractivity contribution >= 4 is 15.9 Å². The molecule has 0 aliphatic rings. The molecule has 88 valence electrons. The Morgan fingerprint density at radius 1 is 1.00 bits per heavy atom.